The number of ether oxygens (including phenoxy) is 1. The number of rotatable bonds is 1. The number of nitro benzene ring substituents is 1. The standard InChI is InChI=1S/C13H8N2O4/c1-19-12(16)7-5-9-4-6-11(15(17)18)10-3-2-8-14-13(9)10/h2-4,6,8H,1H3. The molecule has 19 heavy (non-hydrogen) atoms. The van der Waals surface area contributed by atoms with Crippen molar-refractivity contribution in [3.05, 3.63) is 46.1 Å². The van der Waals surface area contributed by atoms with E-state index in [0.717, 1.165) is 0 Å². The zero-order valence-electron chi connectivity index (χ0n) is 9.91. The van der Waals surface area contributed by atoms with Crippen molar-refractivity contribution in [3.63, 3.8) is 0 Å². The lowest BCUT2D eigenvalue weighted by Gasteiger charge is -2.00. The first-order valence-corrected chi connectivity index (χ1v) is 5.25. The number of nitro groups is 1. The van der Waals surface area contributed by atoms with Gasteiger partial charge in [-0.15, -0.1) is 0 Å². The topological polar surface area (TPSA) is 82.3 Å². The van der Waals surface area contributed by atoms with Gasteiger partial charge in [-0.2, -0.15) is 0 Å². The Morgan fingerprint density at radius 3 is 2.89 bits per heavy atom. The first-order valence-electron chi connectivity index (χ1n) is 5.25. The number of hydrogen-bond acceptors (Lipinski definition) is 5. The van der Waals surface area contributed by atoms with Crippen molar-refractivity contribution in [1.29, 1.82) is 0 Å². The highest BCUT2D eigenvalue weighted by molar-refractivity contribution is 5.94. The minimum Gasteiger partial charge on any atom is -0.459 e. The maximum atomic E-state index is 11.0. The number of non-ortho nitro benzene ring substituents is 1. The van der Waals surface area contributed by atoms with Gasteiger partial charge in [-0.1, -0.05) is 5.92 Å². The number of benzene rings is 1. The van der Waals surface area contributed by atoms with E-state index in [-0.39, 0.29) is 5.69 Å². The Kier molecular flexibility index (Phi) is 3.39. The van der Waals surface area contributed by atoms with Crippen molar-refractivity contribution >= 4 is 22.6 Å². The second kappa shape index (κ2) is 5.14. The summed E-state index contributed by atoms with van der Waals surface area (Å²) in [6.07, 6.45) is 1.51. The number of methoxy groups -OCH3 is 1. The van der Waals surface area contributed by atoms with Crippen molar-refractivity contribution in [1.82, 2.24) is 4.98 Å². The van der Waals surface area contributed by atoms with Crippen LogP contribution in [0.4, 0.5) is 5.69 Å². The first kappa shape index (κ1) is 12.5. The fourth-order valence-electron chi connectivity index (χ4n) is 1.59. The van der Waals surface area contributed by atoms with Crippen molar-refractivity contribution < 1.29 is 14.5 Å². The first-order chi connectivity index (χ1) is 9.13. The third-order valence-corrected chi connectivity index (χ3v) is 2.43. The Labute approximate surface area is 108 Å². The van der Waals surface area contributed by atoms with Crippen LogP contribution in [0.3, 0.4) is 0 Å². The molecule has 6 nitrogen and oxygen atoms in total. The van der Waals surface area contributed by atoms with E-state index >= 15 is 0 Å². The molecule has 2 rings (SSSR count). The van der Waals surface area contributed by atoms with Gasteiger partial charge in [-0.25, -0.2) is 4.79 Å². The van der Waals surface area contributed by atoms with Crippen LogP contribution in [0.5, 0.6) is 0 Å². The summed E-state index contributed by atoms with van der Waals surface area (Å²) < 4.78 is 4.40. The van der Waals surface area contributed by atoms with E-state index in [9.17, 15) is 14.9 Å². The summed E-state index contributed by atoms with van der Waals surface area (Å²) in [6, 6.07) is 5.99. The summed E-state index contributed by atoms with van der Waals surface area (Å²) >= 11 is 0. The van der Waals surface area contributed by atoms with Crippen LogP contribution in [0, 0.1) is 22.0 Å². The Morgan fingerprint density at radius 1 is 1.42 bits per heavy atom. The lowest BCUT2D eigenvalue weighted by molar-refractivity contribution is -0.383. The van der Waals surface area contributed by atoms with Gasteiger partial charge >= 0.3 is 5.97 Å². The maximum absolute atomic E-state index is 11.0. The molecule has 0 amide bonds. The fourth-order valence-corrected chi connectivity index (χ4v) is 1.59. The van der Waals surface area contributed by atoms with Crippen LogP contribution in [-0.2, 0) is 9.53 Å². The van der Waals surface area contributed by atoms with Crippen LogP contribution in [0.25, 0.3) is 10.9 Å². The third-order valence-electron chi connectivity index (χ3n) is 2.43. The largest absolute Gasteiger partial charge is 0.459 e. The molecule has 0 atom stereocenters. The molecule has 6 heteroatoms. The number of aromatic nitrogens is 1. The van der Waals surface area contributed by atoms with Crippen molar-refractivity contribution in [2.45, 2.75) is 0 Å². The molecular formula is C13H8N2O4. The quantitative estimate of drug-likeness (QED) is 0.335. The fraction of sp³-hybridized carbons (Fsp3) is 0.0769. The highest BCUT2D eigenvalue weighted by Gasteiger charge is 2.13. The van der Waals surface area contributed by atoms with E-state index in [1.807, 2.05) is 0 Å². The van der Waals surface area contributed by atoms with E-state index in [2.05, 4.69) is 21.6 Å². The molecule has 2 aromatic rings. The third kappa shape index (κ3) is 2.50. The van der Waals surface area contributed by atoms with Gasteiger partial charge in [0.15, 0.2) is 0 Å². The predicted octanol–water partition coefficient (Wildman–Crippen LogP) is 1.67. The van der Waals surface area contributed by atoms with Crippen LogP contribution in [0.15, 0.2) is 30.5 Å². The minimum atomic E-state index is -0.678. The monoisotopic (exact) mass is 256 g/mol. The highest BCUT2D eigenvalue weighted by atomic mass is 16.6. The summed E-state index contributed by atoms with van der Waals surface area (Å²) in [5.74, 6) is 4.18. The molecule has 0 spiro atoms. The average molecular weight is 256 g/mol. The number of carbonyl (C=O) groups is 1. The molecule has 1 aromatic carbocycles. The number of nitrogens with zero attached hydrogens (tertiary/aromatic N) is 2. The summed E-state index contributed by atoms with van der Waals surface area (Å²) in [5.41, 5.74) is 0.770. The molecule has 0 saturated heterocycles. The molecule has 94 valence electrons. The summed E-state index contributed by atoms with van der Waals surface area (Å²) in [5, 5.41) is 11.3. The maximum Gasteiger partial charge on any atom is 0.384 e. The van der Waals surface area contributed by atoms with Gasteiger partial charge in [0.1, 0.15) is 0 Å². The van der Waals surface area contributed by atoms with Crippen LogP contribution in [-0.4, -0.2) is 23.0 Å². The second-order valence-corrected chi connectivity index (χ2v) is 3.53. The molecule has 0 bridgehead atoms. The van der Waals surface area contributed by atoms with E-state index in [0.29, 0.717) is 16.5 Å². The number of pyridine rings is 1. The summed E-state index contributed by atoms with van der Waals surface area (Å²) in [4.78, 5) is 25.5. The van der Waals surface area contributed by atoms with E-state index in [1.165, 1.54) is 25.4 Å². The number of carbonyl (C=O) groups excluding carboxylic acids is 1. The minimum absolute atomic E-state index is 0.0493. The van der Waals surface area contributed by atoms with Gasteiger partial charge in [0.2, 0.25) is 0 Å². The number of hydrogen-bond donors (Lipinski definition) is 0. The summed E-state index contributed by atoms with van der Waals surface area (Å²) in [6.45, 7) is 0. The molecule has 0 saturated carbocycles. The SMILES string of the molecule is COC(=O)C#Cc1ccc([N+](=O)[O-])c2cccnc12. The Hall–Kier alpha value is -2.94. The molecule has 0 N–H and O–H groups in total. The van der Waals surface area contributed by atoms with Gasteiger partial charge in [-0.3, -0.25) is 15.1 Å². The van der Waals surface area contributed by atoms with Gasteiger partial charge < -0.3 is 4.74 Å². The number of esters is 1. The lowest BCUT2D eigenvalue weighted by Crippen LogP contribution is -1.96. The predicted molar refractivity (Wildman–Crippen MR) is 67.3 cm³/mol. The normalized spacial score (nSPS) is 9.53. The van der Waals surface area contributed by atoms with Gasteiger partial charge in [-0.05, 0) is 18.2 Å². The smallest absolute Gasteiger partial charge is 0.384 e. The van der Waals surface area contributed by atoms with Gasteiger partial charge in [0.25, 0.3) is 5.69 Å². The molecule has 0 aliphatic rings. The van der Waals surface area contributed by atoms with Crippen molar-refractivity contribution in [2.75, 3.05) is 7.11 Å². The number of fused-ring (bicyclic) bond motifs is 1. The van der Waals surface area contributed by atoms with Gasteiger partial charge in [0.05, 0.1) is 28.5 Å². The molecule has 1 aromatic heterocycles. The Balaban J connectivity index is 2.64. The van der Waals surface area contributed by atoms with Gasteiger partial charge in [0, 0.05) is 18.2 Å². The van der Waals surface area contributed by atoms with Crippen LogP contribution in [0.1, 0.15) is 5.56 Å². The molecule has 1 heterocycles. The van der Waals surface area contributed by atoms with Crippen LogP contribution >= 0.6 is 0 Å². The highest BCUT2D eigenvalue weighted by Crippen LogP contribution is 2.26. The summed E-state index contributed by atoms with van der Waals surface area (Å²) in [7, 11) is 1.23. The van der Waals surface area contributed by atoms with E-state index in [4.69, 9.17) is 0 Å². The average Bonchev–Trinajstić information content (AvgIpc) is 2.43. The molecule has 0 radical (unpaired) electrons. The molecular weight excluding hydrogens is 248 g/mol. The van der Waals surface area contributed by atoms with E-state index < -0.39 is 10.9 Å². The molecule has 0 aliphatic carbocycles. The van der Waals surface area contributed by atoms with E-state index in [1.54, 1.807) is 12.1 Å². The van der Waals surface area contributed by atoms with Crippen molar-refractivity contribution in [2.24, 2.45) is 0 Å². The van der Waals surface area contributed by atoms with Crippen LogP contribution in [0.2, 0.25) is 0 Å². The zero-order valence-corrected chi connectivity index (χ0v) is 9.91. The van der Waals surface area contributed by atoms with Crippen molar-refractivity contribution in [3.8, 4) is 11.8 Å². The molecule has 0 unspecified atom stereocenters. The lowest BCUT2D eigenvalue weighted by atomic mass is 10.1. The molecule has 0 aliphatic heterocycles. The second-order valence-electron chi connectivity index (χ2n) is 3.53. The zero-order chi connectivity index (χ0) is 13.8. The Bertz CT molecular complexity index is 728. The van der Waals surface area contributed by atoms with Crippen LogP contribution < -0.4 is 0 Å². The molecule has 0 fully saturated rings. The Morgan fingerprint density at radius 2 is 2.21 bits per heavy atom.